The van der Waals surface area contributed by atoms with Crippen molar-refractivity contribution < 1.29 is 18.3 Å². The highest BCUT2D eigenvalue weighted by Gasteiger charge is 2.36. The molecule has 0 spiro atoms. The Kier molecular flexibility index (Phi) is 6.98. The number of ether oxygens (including phenoxy) is 1. The third-order valence-corrected chi connectivity index (χ3v) is 5.94. The molecule has 1 saturated heterocycles. The maximum Gasteiger partial charge on any atom is 0.252 e. The van der Waals surface area contributed by atoms with Crippen LogP contribution in [0.3, 0.4) is 0 Å². The Labute approximate surface area is 178 Å². The molecule has 1 N–H and O–H groups in total. The van der Waals surface area contributed by atoms with Crippen molar-refractivity contribution in [3.05, 3.63) is 63.6 Å². The Morgan fingerprint density at radius 3 is 2.45 bits per heavy atom. The summed E-state index contributed by atoms with van der Waals surface area (Å²) >= 11 is 12.1. The van der Waals surface area contributed by atoms with E-state index in [9.17, 15) is 13.6 Å². The molecule has 1 heterocycles. The first-order chi connectivity index (χ1) is 13.8. The average Bonchev–Trinajstić information content (AvgIpc) is 2.71. The van der Waals surface area contributed by atoms with Crippen molar-refractivity contribution in [3.8, 4) is 5.75 Å². The zero-order valence-electron chi connectivity index (χ0n) is 15.9. The Bertz CT molecular complexity index is 852. The van der Waals surface area contributed by atoms with Crippen LogP contribution in [-0.2, 0) is 0 Å². The molecule has 1 aliphatic rings. The molecule has 3 rings (SSSR count). The van der Waals surface area contributed by atoms with E-state index in [4.69, 9.17) is 27.9 Å². The summed E-state index contributed by atoms with van der Waals surface area (Å²) in [7, 11) is 1.58. The van der Waals surface area contributed by atoms with Crippen LogP contribution < -0.4 is 10.1 Å². The predicted octanol–water partition coefficient (Wildman–Crippen LogP) is 5.20. The van der Waals surface area contributed by atoms with Crippen molar-refractivity contribution in [2.24, 2.45) is 0 Å². The second-order valence-electron chi connectivity index (χ2n) is 6.99. The van der Waals surface area contributed by atoms with Crippen LogP contribution in [0, 0.1) is 0 Å². The van der Waals surface area contributed by atoms with Crippen molar-refractivity contribution in [1.29, 1.82) is 0 Å². The van der Waals surface area contributed by atoms with Gasteiger partial charge in [0.05, 0.1) is 28.8 Å². The number of halogens is 4. The molecular weight excluding hydrogens is 421 g/mol. The number of carbonyl (C=O) groups is 1. The molecule has 1 amide bonds. The number of rotatable bonds is 6. The smallest absolute Gasteiger partial charge is 0.252 e. The fourth-order valence-electron chi connectivity index (χ4n) is 3.41. The van der Waals surface area contributed by atoms with Gasteiger partial charge in [-0.25, -0.2) is 8.78 Å². The number of carbonyl (C=O) groups excluding carboxylic acids is 1. The topological polar surface area (TPSA) is 41.6 Å². The van der Waals surface area contributed by atoms with Crippen LogP contribution in [0.15, 0.2) is 42.5 Å². The zero-order valence-corrected chi connectivity index (χ0v) is 17.4. The van der Waals surface area contributed by atoms with Gasteiger partial charge in [0.1, 0.15) is 5.75 Å². The fraction of sp³-hybridized carbons (Fsp3) is 0.381. The summed E-state index contributed by atoms with van der Waals surface area (Å²) in [6.45, 7) is 0.745. The first kappa shape index (κ1) is 21.8. The first-order valence-corrected chi connectivity index (χ1v) is 10.0. The number of alkyl halides is 2. The normalized spacial score (nSPS) is 17.6. The van der Waals surface area contributed by atoms with E-state index in [2.05, 4.69) is 5.32 Å². The standard InChI is InChI=1S/C21H22Cl2F2N2O2/c1-29-15-7-5-14(6-8-15)18(27-11-9-21(24,25)10-12-27)13-26-20(28)16-3-2-4-17(22)19(16)23/h2-8,18H,9-13H2,1H3,(H,26,28). The third-order valence-electron chi connectivity index (χ3n) is 5.12. The number of hydrogen-bond donors (Lipinski definition) is 1. The Morgan fingerprint density at radius 1 is 1.17 bits per heavy atom. The van der Waals surface area contributed by atoms with Crippen molar-refractivity contribution in [2.75, 3.05) is 26.7 Å². The van der Waals surface area contributed by atoms with Gasteiger partial charge in [-0.1, -0.05) is 41.4 Å². The maximum absolute atomic E-state index is 13.6. The molecule has 0 bridgehead atoms. The zero-order chi connectivity index (χ0) is 21.0. The lowest BCUT2D eigenvalue weighted by Gasteiger charge is -2.37. The van der Waals surface area contributed by atoms with E-state index in [-0.39, 0.29) is 55.0 Å². The molecule has 1 fully saturated rings. The summed E-state index contributed by atoms with van der Waals surface area (Å²) in [6.07, 6.45) is -0.401. The van der Waals surface area contributed by atoms with Gasteiger partial charge in [0.2, 0.25) is 0 Å². The van der Waals surface area contributed by atoms with Crippen LogP contribution in [0.1, 0.15) is 34.8 Å². The number of nitrogens with zero attached hydrogens (tertiary/aromatic N) is 1. The van der Waals surface area contributed by atoms with Gasteiger partial charge in [0, 0.05) is 32.5 Å². The summed E-state index contributed by atoms with van der Waals surface area (Å²) in [5, 5.41) is 3.35. The molecule has 29 heavy (non-hydrogen) atoms. The molecule has 2 aromatic carbocycles. The number of nitrogens with one attached hydrogen (secondary N) is 1. The molecular formula is C21H22Cl2F2N2O2. The van der Waals surface area contributed by atoms with Crippen molar-refractivity contribution in [1.82, 2.24) is 10.2 Å². The van der Waals surface area contributed by atoms with Gasteiger partial charge < -0.3 is 10.1 Å². The number of hydrogen-bond acceptors (Lipinski definition) is 3. The quantitative estimate of drug-likeness (QED) is 0.667. The molecule has 1 aliphatic heterocycles. The SMILES string of the molecule is COc1ccc(C(CNC(=O)c2cccc(Cl)c2Cl)N2CCC(F)(F)CC2)cc1. The molecule has 1 unspecified atom stereocenters. The van der Waals surface area contributed by atoms with Crippen LogP contribution in [0.5, 0.6) is 5.75 Å². The number of piperidine rings is 1. The van der Waals surface area contributed by atoms with Crippen molar-refractivity contribution >= 4 is 29.1 Å². The van der Waals surface area contributed by atoms with Gasteiger partial charge in [0.15, 0.2) is 0 Å². The van der Waals surface area contributed by atoms with Gasteiger partial charge in [-0.05, 0) is 29.8 Å². The van der Waals surface area contributed by atoms with Crippen LogP contribution in [0.25, 0.3) is 0 Å². The van der Waals surface area contributed by atoms with E-state index >= 15 is 0 Å². The van der Waals surface area contributed by atoms with Crippen LogP contribution in [0.2, 0.25) is 10.0 Å². The summed E-state index contributed by atoms with van der Waals surface area (Å²) < 4.78 is 32.4. The van der Waals surface area contributed by atoms with E-state index < -0.39 is 5.92 Å². The van der Waals surface area contributed by atoms with E-state index in [0.717, 1.165) is 5.56 Å². The molecule has 0 saturated carbocycles. The fourth-order valence-corrected chi connectivity index (χ4v) is 3.80. The summed E-state index contributed by atoms with van der Waals surface area (Å²) in [6, 6.07) is 12.0. The van der Waals surface area contributed by atoms with Gasteiger partial charge in [-0.3, -0.25) is 9.69 Å². The highest BCUT2D eigenvalue weighted by atomic mass is 35.5. The van der Waals surface area contributed by atoms with Crippen molar-refractivity contribution in [3.63, 3.8) is 0 Å². The second-order valence-corrected chi connectivity index (χ2v) is 7.78. The Morgan fingerprint density at radius 2 is 1.83 bits per heavy atom. The maximum atomic E-state index is 13.6. The highest BCUT2D eigenvalue weighted by molar-refractivity contribution is 6.43. The van der Waals surface area contributed by atoms with Crippen LogP contribution in [0.4, 0.5) is 8.78 Å². The summed E-state index contributed by atoms with van der Waals surface area (Å²) in [5.41, 5.74) is 1.19. The van der Waals surface area contributed by atoms with E-state index in [1.807, 2.05) is 29.2 Å². The van der Waals surface area contributed by atoms with Gasteiger partial charge in [0.25, 0.3) is 11.8 Å². The number of methoxy groups -OCH3 is 1. The predicted molar refractivity (Wildman–Crippen MR) is 110 cm³/mol. The van der Waals surface area contributed by atoms with E-state index in [0.29, 0.717) is 10.8 Å². The molecule has 2 aromatic rings. The second kappa shape index (κ2) is 9.28. The molecule has 0 radical (unpaired) electrons. The van der Waals surface area contributed by atoms with E-state index in [1.165, 1.54) is 0 Å². The highest BCUT2D eigenvalue weighted by Crippen LogP contribution is 2.33. The number of amides is 1. The average molecular weight is 443 g/mol. The summed E-state index contributed by atoms with van der Waals surface area (Å²) in [5.74, 6) is -2.30. The lowest BCUT2D eigenvalue weighted by Crippen LogP contribution is -2.45. The molecule has 0 aliphatic carbocycles. The lowest BCUT2D eigenvalue weighted by atomic mass is 9.99. The minimum atomic E-state index is -2.64. The Hall–Kier alpha value is -1.89. The minimum Gasteiger partial charge on any atom is -0.497 e. The third kappa shape index (κ3) is 5.38. The van der Waals surface area contributed by atoms with E-state index in [1.54, 1.807) is 25.3 Å². The Balaban J connectivity index is 1.77. The largest absolute Gasteiger partial charge is 0.497 e. The molecule has 8 heteroatoms. The number of benzene rings is 2. The summed E-state index contributed by atoms with van der Waals surface area (Å²) in [4.78, 5) is 14.6. The van der Waals surface area contributed by atoms with Gasteiger partial charge in [-0.15, -0.1) is 0 Å². The number of likely N-dealkylation sites (tertiary alicyclic amines) is 1. The van der Waals surface area contributed by atoms with Crippen LogP contribution >= 0.6 is 23.2 Å². The minimum absolute atomic E-state index is 0.185. The van der Waals surface area contributed by atoms with Crippen molar-refractivity contribution in [2.45, 2.75) is 24.8 Å². The van der Waals surface area contributed by atoms with Gasteiger partial charge >= 0.3 is 0 Å². The molecule has 156 valence electrons. The van der Waals surface area contributed by atoms with Gasteiger partial charge in [-0.2, -0.15) is 0 Å². The first-order valence-electron chi connectivity index (χ1n) is 9.29. The molecule has 1 atom stereocenters. The molecule has 4 nitrogen and oxygen atoms in total. The van der Waals surface area contributed by atoms with Crippen LogP contribution in [-0.4, -0.2) is 43.5 Å². The molecule has 0 aromatic heterocycles. The lowest BCUT2D eigenvalue weighted by molar-refractivity contribution is -0.0632. The monoisotopic (exact) mass is 442 g/mol.